The number of nitrogens with zero attached hydrogens (tertiary/aromatic N) is 1. The number of rotatable bonds is 4. The zero-order valence-electron chi connectivity index (χ0n) is 11.7. The lowest BCUT2D eigenvalue weighted by Crippen LogP contribution is -2.34. The Balaban J connectivity index is 1.91. The van der Waals surface area contributed by atoms with Crippen molar-refractivity contribution in [1.29, 1.82) is 0 Å². The lowest BCUT2D eigenvalue weighted by Gasteiger charge is -2.31. The third kappa shape index (κ3) is 3.49. The molecule has 1 aliphatic rings. The molecule has 0 amide bonds. The molecule has 0 bridgehead atoms. The summed E-state index contributed by atoms with van der Waals surface area (Å²) in [5.41, 5.74) is 8.79. The highest BCUT2D eigenvalue weighted by molar-refractivity contribution is 5.46. The molecule has 0 saturated heterocycles. The smallest absolute Gasteiger partial charge is 0.0363 e. The molecule has 100 valence electrons. The van der Waals surface area contributed by atoms with Crippen molar-refractivity contribution in [2.75, 3.05) is 18.5 Å². The van der Waals surface area contributed by atoms with E-state index in [1.54, 1.807) is 0 Å². The minimum Gasteiger partial charge on any atom is -0.374 e. The van der Waals surface area contributed by atoms with Crippen LogP contribution in [0.5, 0.6) is 0 Å². The van der Waals surface area contributed by atoms with Crippen molar-refractivity contribution >= 4 is 5.69 Å². The Hall–Kier alpha value is -1.02. The minimum absolute atomic E-state index is 0.430. The van der Waals surface area contributed by atoms with Crippen LogP contribution in [0, 0.1) is 5.92 Å². The molecule has 2 heteroatoms. The summed E-state index contributed by atoms with van der Waals surface area (Å²) >= 11 is 0. The van der Waals surface area contributed by atoms with Crippen LogP contribution >= 0.6 is 0 Å². The van der Waals surface area contributed by atoms with Gasteiger partial charge in [0.1, 0.15) is 0 Å². The van der Waals surface area contributed by atoms with Crippen molar-refractivity contribution in [1.82, 2.24) is 0 Å². The average molecular weight is 246 g/mol. The van der Waals surface area contributed by atoms with E-state index in [2.05, 4.69) is 43.1 Å². The van der Waals surface area contributed by atoms with Crippen LogP contribution in [-0.4, -0.2) is 19.6 Å². The normalized spacial score (nSPS) is 23.9. The van der Waals surface area contributed by atoms with Crippen LogP contribution in [0.15, 0.2) is 24.3 Å². The van der Waals surface area contributed by atoms with Crippen molar-refractivity contribution in [2.45, 2.75) is 45.1 Å². The molecule has 0 aromatic heterocycles. The Morgan fingerprint density at radius 3 is 2.56 bits per heavy atom. The first kappa shape index (κ1) is 13.4. The van der Waals surface area contributed by atoms with E-state index in [4.69, 9.17) is 5.73 Å². The van der Waals surface area contributed by atoms with Gasteiger partial charge in [0.05, 0.1) is 0 Å². The first-order valence-corrected chi connectivity index (χ1v) is 7.24. The standard InChI is InChI=1S/C16H26N2/c1-3-13-7-9-16(10-8-13)18(2)12-14-5-4-6-15(17)11-14/h7-10,14-15H,3-6,11-12,17H2,1-2H3. The van der Waals surface area contributed by atoms with Gasteiger partial charge in [0, 0.05) is 25.3 Å². The molecular formula is C16H26N2. The molecule has 2 unspecified atom stereocenters. The van der Waals surface area contributed by atoms with Crippen LogP contribution in [0.2, 0.25) is 0 Å². The summed E-state index contributed by atoms with van der Waals surface area (Å²) in [6.07, 6.45) is 6.16. The first-order chi connectivity index (χ1) is 8.69. The van der Waals surface area contributed by atoms with Gasteiger partial charge in [0.2, 0.25) is 0 Å². The lowest BCUT2D eigenvalue weighted by molar-refractivity contribution is 0.326. The number of hydrogen-bond acceptors (Lipinski definition) is 2. The van der Waals surface area contributed by atoms with E-state index in [1.807, 2.05) is 0 Å². The van der Waals surface area contributed by atoms with Crippen molar-refractivity contribution < 1.29 is 0 Å². The van der Waals surface area contributed by atoms with Gasteiger partial charge in [-0.1, -0.05) is 25.5 Å². The predicted molar refractivity (Wildman–Crippen MR) is 79.0 cm³/mol. The number of hydrogen-bond donors (Lipinski definition) is 1. The summed E-state index contributed by atoms with van der Waals surface area (Å²) in [6, 6.07) is 9.37. The van der Waals surface area contributed by atoms with Gasteiger partial charge in [-0.2, -0.15) is 0 Å². The Morgan fingerprint density at radius 2 is 1.94 bits per heavy atom. The molecule has 0 aliphatic heterocycles. The Kier molecular flexibility index (Phi) is 4.65. The molecule has 1 fully saturated rings. The molecule has 18 heavy (non-hydrogen) atoms. The van der Waals surface area contributed by atoms with Crippen molar-refractivity contribution in [3.05, 3.63) is 29.8 Å². The topological polar surface area (TPSA) is 29.3 Å². The SMILES string of the molecule is CCc1ccc(N(C)CC2CCCC(N)C2)cc1. The van der Waals surface area contributed by atoms with E-state index in [-0.39, 0.29) is 0 Å². The van der Waals surface area contributed by atoms with Crippen LogP contribution in [0.3, 0.4) is 0 Å². The first-order valence-electron chi connectivity index (χ1n) is 7.24. The Labute approximate surface area is 111 Å². The van der Waals surface area contributed by atoms with Gasteiger partial charge in [0.25, 0.3) is 0 Å². The summed E-state index contributed by atoms with van der Waals surface area (Å²) in [6.45, 7) is 3.33. The maximum atomic E-state index is 6.06. The zero-order valence-corrected chi connectivity index (χ0v) is 11.7. The molecule has 0 heterocycles. The monoisotopic (exact) mass is 246 g/mol. The predicted octanol–water partition coefficient (Wildman–Crippen LogP) is 3.20. The van der Waals surface area contributed by atoms with E-state index in [0.717, 1.165) is 18.9 Å². The van der Waals surface area contributed by atoms with Gasteiger partial charge >= 0.3 is 0 Å². The molecule has 2 atom stereocenters. The van der Waals surface area contributed by atoms with Crippen molar-refractivity contribution in [2.24, 2.45) is 11.7 Å². The molecule has 1 saturated carbocycles. The van der Waals surface area contributed by atoms with E-state index in [0.29, 0.717) is 6.04 Å². The fourth-order valence-corrected chi connectivity index (χ4v) is 2.98. The maximum Gasteiger partial charge on any atom is 0.0363 e. The molecule has 2 N–H and O–H groups in total. The van der Waals surface area contributed by atoms with Gasteiger partial charge in [-0.15, -0.1) is 0 Å². The number of aryl methyl sites for hydroxylation is 1. The van der Waals surface area contributed by atoms with E-state index >= 15 is 0 Å². The Morgan fingerprint density at radius 1 is 1.22 bits per heavy atom. The van der Waals surface area contributed by atoms with Crippen molar-refractivity contribution in [3.8, 4) is 0 Å². The highest BCUT2D eigenvalue weighted by Crippen LogP contribution is 2.25. The van der Waals surface area contributed by atoms with E-state index in [9.17, 15) is 0 Å². The fourth-order valence-electron chi connectivity index (χ4n) is 2.98. The van der Waals surface area contributed by atoms with Gasteiger partial charge in [-0.25, -0.2) is 0 Å². The van der Waals surface area contributed by atoms with Crippen LogP contribution < -0.4 is 10.6 Å². The third-order valence-corrected chi connectivity index (χ3v) is 4.14. The van der Waals surface area contributed by atoms with Gasteiger partial charge in [-0.3, -0.25) is 0 Å². The molecular weight excluding hydrogens is 220 g/mol. The average Bonchev–Trinajstić information content (AvgIpc) is 2.39. The second-order valence-electron chi connectivity index (χ2n) is 5.69. The number of anilines is 1. The molecule has 0 radical (unpaired) electrons. The second-order valence-corrected chi connectivity index (χ2v) is 5.69. The molecule has 1 aromatic rings. The summed E-state index contributed by atoms with van der Waals surface area (Å²) < 4.78 is 0. The lowest BCUT2D eigenvalue weighted by atomic mass is 9.86. The highest BCUT2D eigenvalue weighted by atomic mass is 15.1. The van der Waals surface area contributed by atoms with Gasteiger partial charge < -0.3 is 10.6 Å². The fraction of sp³-hybridized carbons (Fsp3) is 0.625. The molecule has 0 spiro atoms. The summed E-state index contributed by atoms with van der Waals surface area (Å²) in [5.74, 6) is 0.768. The summed E-state index contributed by atoms with van der Waals surface area (Å²) in [5, 5.41) is 0. The van der Waals surface area contributed by atoms with Gasteiger partial charge in [-0.05, 0) is 49.3 Å². The van der Waals surface area contributed by atoms with E-state index < -0.39 is 0 Å². The molecule has 1 aliphatic carbocycles. The number of nitrogens with two attached hydrogens (primary N) is 1. The maximum absolute atomic E-state index is 6.06. The van der Waals surface area contributed by atoms with E-state index in [1.165, 1.54) is 36.9 Å². The van der Waals surface area contributed by atoms with Crippen LogP contribution in [0.4, 0.5) is 5.69 Å². The van der Waals surface area contributed by atoms with Crippen LogP contribution in [0.25, 0.3) is 0 Å². The third-order valence-electron chi connectivity index (χ3n) is 4.14. The molecule has 2 rings (SSSR count). The molecule has 2 nitrogen and oxygen atoms in total. The highest BCUT2D eigenvalue weighted by Gasteiger charge is 2.20. The quantitative estimate of drug-likeness (QED) is 0.884. The summed E-state index contributed by atoms with van der Waals surface area (Å²) in [4.78, 5) is 2.38. The molecule has 1 aromatic carbocycles. The Bertz CT molecular complexity index is 358. The zero-order chi connectivity index (χ0) is 13.0. The van der Waals surface area contributed by atoms with Crippen molar-refractivity contribution in [3.63, 3.8) is 0 Å². The number of benzene rings is 1. The van der Waals surface area contributed by atoms with Crippen LogP contribution in [0.1, 0.15) is 38.2 Å². The largest absolute Gasteiger partial charge is 0.374 e. The minimum atomic E-state index is 0.430. The van der Waals surface area contributed by atoms with Crippen LogP contribution in [-0.2, 0) is 6.42 Å². The summed E-state index contributed by atoms with van der Waals surface area (Å²) in [7, 11) is 2.20. The van der Waals surface area contributed by atoms with Gasteiger partial charge in [0.15, 0.2) is 0 Å². The second kappa shape index (κ2) is 6.24.